The third-order valence-corrected chi connectivity index (χ3v) is 12.3. The summed E-state index contributed by atoms with van der Waals surface area (Å²) in [6, 6.07) is 7.72. The second-order valence-electron chi connectivity index (χ2n) is 17.3. The maximum atomic E-state index is 15.0. The number of rotatable bonds is 12. The van der Waals surface area contributed by atoms with Crippen LogP contribution < -0.4 is 19.5 Å². The fourth-order valence-electron chi connectivity index (χ4n) is 9.47. The molecule has 296 valence electrons. The number of carbonyl (C=O) groups excluding carboxylic acids is 3. The molecule has 2 aromatic carbocycles. The van der Waals surface area contributed by atoms with Crippen molar-refractivity contribution in [1.29, 1.82) is 0 Å². The van der Waals surface area contributed by atoms with Crippen molar-refractivity contribution in [2.45, 2.75) is 116 Å². The van der Waals surface area contributed by atoms with E-state index in [2.05, 4.69) is 31.3 Å². The number of hydrogen-bond acceptors (Lipinski definition) is 8. The standard InChI is InChI=1S/C47H55NO8/c1-27(2)12-11-20-45(8)21-18-33-38(49)37-39(50)35-25-31-26-36-44(6,7)56-46(42(31)51,47(35,36)55-41(37)34(40(33)54-45)16-15-28(3)4)22-17-29(5)43(52)48-23-19-30-13-10-14-32(24-30)53-9/h10,12-15,17-18,21,24-25,31,36,49H,11,16,19-20,22-23,26H2,1-9H3,(H,48,52). The highest BCUT2D eigenvalue weighted by molar-refractivity contribution is 6.19. The van der Waals surface area contributed by atoms with Gasteiger partial charge in [-0.15, -0.1) is 0 Å². The Morgan fingerprint density at radius 1 is 1.02 bits per heavy atom. The summed E-state index contributed by atoms with van der Waals surface area (Å²) in [5.74, 6) is -0.500. The van der Waals surface area contributed by atoms with E-state index in [0.29, 0.717) is 60.3 Å². The van der Waals surface area contributed by atoms with Crippen molar-refractivity contribution >= 4 is 23.5 Å². The predicted octanol–water partition coefficient (Wildman–Crippen LogP) is 8.52. The molecule has 6 aliphatic rings. The minimum absolute atomic E-state index is 0.0270. The van der Waals surface area contributed by atoms with Crippen LogP contribution in [-0.2, 0) is 27.2 Å². The maximum absolute atomic E-state index is 15.0. The zero-order valence-corrected chi connectivity index (χ0v) is 34.2. The molecule has 56 heavy (non-hydrogen) atoms. The molecular weight excluding hydrogens is 707 g/mol. The summed E-state index contributed by atoms with van der Waals surface area (Å²) >= 11 is 0. The van der Waals surface area contributed by atoms with Gasteiger partial charge in [0.05, 0.1) is 18.3 Å². The number of amides is 1. The normalized spacial score (nSPS) is 27.6. The monoisotopic (exact) mass is 761 g/mol. The predicted molar refractivity (Wildman–Crippen MR) is 216 cm³/mol. The highest BCUT2D eigenvalue weighted by Gasteiger charge is 2.81. The Morgan fingerprint density at radius 3 is 2.48 bits per heavy atom. The number of allylic oxidation sites excluding steroid dienone is 5. The lowest BCUT2D eigenvalue weighted by Gasteiger charge is -2.56. The molecule has 8 rings (SSSR count). The number of fused-ring (bicyclic) bond motifs is 2. The third kappa shape index (κ3) is 6.32. The SMILES string of the molecule is COc1cccc(CCNC(=O)C(C)=CCC23OC(C)(C)C4CC(C=C5C(=O)c6c(O)c7c(c(CC=C(C)C)c6OC542)OC(C)(CCC=C(C)C)C=C7)C3=O)c1. The topological polar surface area (TPSA) is 120 Å². The second kappa shape index (κ2) is 14.2. The number of methoxy groups -OCH3 is 1. The number of aromatic hydroxyl groups is 1. The molecule has 1 saturated carbocycles. The summed E-state index contributed by atoms with van der Waals surface area (Å²) in [7, 11) is 1.62. The van der Waals surface area contributed by atoms with Crippen molar-refractivity contribution in [2.75, 3.05) is 13.7 Å². The number of phenolic OH excluding ortho intramolecular Hbond substituents is 1. The van der Waals surface area contributed by atoms with Gasteiger partial charge in [-0.05, 0) is 117 Å². The minimum atomic E-state index is -1.59. The molecule has 1 saturated heterocycles. The van der Waals surface area contributed by atoms with Gasteiger partial charge in [0.15, 0.2) is 22.8 Å². The van der Waals surface area contributed by atoms with Gasteiger partial charge < -0.3 is 29.4 Å². The molecule has 4 bridgehead atoms. The molecule has 3 heterocycles. The Labute approximate surface area is 330 Å². The molecule has 1 spiro atoms. The van der Waals surface area contributed by atoms with Gasteiger partial charge in [-0.25, -0.2) is 0 Å². The van der Waals surface area contributed by atoms with Gasteiger partial charge in [0, 0.05) is 41.5 Å². The lowest BCUT2D eigenvalue weighted by atomic mass is 9.51. The molecule has 5 atom stereocenters. The fraction of sp³-hybridized carbons (Fsp3) is 0.468. The van der Waals surface area contributed by atoms with Gasteiger partial charge in [0.1, 0.15) is 34.2 Å². The minimum Gasteiger partial charge on any atom is -0.506 e. The van der Waals surface area contributed by atoms with Crippen LogP contribution in [0.25, 0.3) is 6.08 Å². The van der Waals surface area contributed by atoms with Gasteiger partial charge >= 0.3 is 0 Å². The zero-order valence-electron chi connectivity index (χ0n) is 34.2. The molecule has 1 amide bonds. The van der Waals surface area contributed by atoms with Crippen LogP contribution in [-0.4, -0.2) is 58.6 Å². The number of ketones is 2. The number of benzene rings is 2. The van der Waals surface area contributed by atoms with Gasteiger partial charge in [-0.2, -0.15) is 0 Å². The van der Waals surface area contributed by atoms with Crippen molar-refractivity contribution < 1.29 is 38.4 Å². The first-order valence-corrected chi connectivity index (χ1v) is 19.8. The van der Waals surface area contributed by atoms with Crippen LogP contribution in [0.1, 0.15) is 108 Å². The molecule has 9 heteroatoms. The Kier molecular flexibility index (Phi) is 10.0. The summed E-state index contributed by atoms with van der Waals surface area (Å²) in [4.78, 5) is 43.1. The van der Waals surface area contributed by atoms with Gasteiger partial charge in [0.25, 0.3) is 0 Å². The summed E-state index contributed by atoms with van der Waals surface area (Å²) in [6.45, 7) is 16.2. The van der Waals surface area contributed by atoms with Crippen molar-refractivity contribution in [3.8, 4) is 23.0 Å². The van der Waals surface area contributed by atoms with E-state index >= 15 is 4.79 Å². The number of phenols is 1. The van der Waals surface area contributed by atoms with Crippen LogP contribution in [0.15, 0.2) is 76.9 Å². The van der Waals surface area contributed by atoms with Crippen molar-refractivity contribution in [2.24, 2.45) is 11.8 Å². The molecule has 3 aliphatic heterocycles. The Morgan fingerprint density at radius 2 is 1.77 bits per heavy atom. The first-order valence-electron chi connectivity index (χ1n) is 19.8. The lowest BCUT2D eigenvalue weighted by molar-refractivity contribution is -0.171. The second-order valence-corrected chi connectivity index (χ2v) is 17.3. The van der Waals surface area contributed by atoms with Crippen molar-refractivity contribution in [1.82, 2.24) is 5.32 Å². The van der Waals surface area contributed by atoms with Crippen molar-refractivity contribution in [3.63, 3.8) is 0 Å². The van der Waals surface area contributed by atoms with E-state index in [9.17, 15) is 14.7 Å². The largest absolute Gasteiger partial charge is 0.506 e. The Hall–Kier alpha value is -4.89. The lowest BCUT2D eigenvalue weighted by Crippen LogP contribution is -2.72. The van der Waals surface area contributed by atoms with Crippen LogP contribution in [0.2, 0.25) is 0 Å². The first kappa shape index (κ1) is 39.3. The highest BCUT2D eigenvalue weighted by atomic mass is 16.6. The van der Waals surface area contributed by atoms with Crippen LogP contribution in [0, 0.1) is 11.8 Å². The van der Waals surface area contributed by atoms with Crippen molar-refractivity contribution in [3.05, 3.63) is 99.2 Å². The third-order valence-electron chi connectivity index (χ3n) is 12.3. The fourth-order valence-corrected chi connectivity index (χ4v) is 9.47. The molecule has 2 aromatic rings. The summed E-state index contributed by atoms with van der Waals surface area (Å²) in [5, 5.41) is 15.0. The number of hydrogen-bond donors (Lipinski definition) is 2. The molecule has 5 unspecified atom stereocenters. The molecule has 0 radical (unpaired) electrons. The average Bonchev–Trinajstić information content (AvgIpc) is 3.30. The van der Waals surface area contributed by atoms with Gasteiger partial charge in [-0.3, -0.25) is 14.4 Å². The van der Waals surface area contributed by atoms with E-state index in [4.69, 9.17) is 18.9 Å². The summed E-state index contributed by atoms with van der Waals surface area (Å²) < 4.78 is 26.4. The van der Waals surface area contributed by atoms with E-state index in [-0.39, 0.29) is 46.9 Å². The van der Waals surface area contributed by atoms with Crippen LogP contribution in [0.3, 0.4) is 0 Å². The summed E-state index contributed by atoms with van der Waals surface area (Å²) in [5.41, 5.74) is 0.615. The Bertz CT molecular complexity index is 2160. The van der Waals surface area contributed by atoms with Gasteiger partial charge in [-0.1, -0.05) is 47.6 Å². The molecule has 9 nitrogen and oxygen atoms in total. The molecule has 0 aromatic heterocycles. The number of Topliss-reactive ketones (excluding diaryl/α,β-unsaturated/α-hetero) is 2. The van der Waals surface area contributed by atoms with E-state index in [0.717, 1.165) is 23.3 Å². The summed E-state index contributed by atoms with van der Waals surface area (Å²) in [6.07, 6.45) is 14.5. The van der Waals surface area contributed by atoms with Gasteiger partial charge in [0.2, 0.25) is 5.91 Å². The number of carbonyl (C=O) groups is 3. The van der Waals surface area contributed by atoms with E-state index in [1.54, 1.807) is 26.2 Å². The van der Waals surface area contributed by atoms with Crippen LogP contribution in [0.5, 0.6) is 23.0 Å². The van der Waals surface area contributed by atoms with Crippen LogP contribution >= 0.6 is 0 Å². The van der Waals surface area contributed by atoms with E-state index < -0.39 is 28.3 Å². The van der Waals surface area contributed by atoms with Crippen LogP contribution in [0.4, 0.5) is 0 Å². The molecule has 2 fully saturated rings. The number of ether oxygens (including phenoxy) is 4. The molecular formula is C47H55NO8. The quantitative estimate of drug-likeness (QED) is 0.163. The highest BCUT2D eigenvalue weighted by Crippen LogP contribution is 2.68. The molecule has 3 aliphatic carbocycles. The van der Waals surface area contributed by atoms with E-state index in [1.807, 2.05) is 71.0 Å². The van der Waals surface area contributed by atoms with E-state index in [1.165, 1.54) is 5.57 Å². The smallest absolute Gasteiger partial charge is 0.246 e. The maximum Gasteiger partial charge on any atom is 0.246 e. The average molecular weight is 762 g/mol. The molecule has 2 N–H and O–H groups in total. The Balaban J connectivity index is 1.29. The zero-order chi connectivity index (χ0) is 40.4. The number of nitrogens with one attached hydrogen (secondary N) is 1. The first-order chi connectivity index (χ1) is 26.5.